The average molecular weight is 357 g/mol. The van der Waals surface area contributed by atoms with E-state index < -0.39 is 6.10 Å². The number of likely N-dealkylation sites (tertiary alicyclic amines) is 1. The van der Waals surface area contributed by atoms with Crippen LogP contribution in [0, 0.1) is 5.92 Å². The predicted molar refractivity (Wildman–Crippen MR) is 98.5 cm³/mol. The van der Waals surface area contributed by atoms with Gasteiger partial charge < -0.3 is 15.4 Å². The van der Waals surface area contributed by atoms with Crippen LogP contribution in [0.1, 0.15) is 38.4 Å². The van der Waals surface area contributed by atoms with Crippen molar-refractivity contribution in [2.45, 2.75) is 45.4 Å². The van der Waals surface area contributed by atoms with Crippen molar-refractivity contribution in [3.05, 3.63) is 42.2 Å². The highest BCUT2D eigenvalue weighted by Gasteiger charge is 2.32. The Balaban J connectivity index is 1.60. The van der Waals surface area contributed by atoms with Gasteiger partial charge in [-0.25, -0.2) is 4.68 Å². The number of benzene rings is 1. The minimum Gasteiger partial charge on any atom is -0.480 e. The van der Waals surface area contributed by atoms with Crippen molar-refractivity contribution in [1.29, 1.82) is 0 Å². The molecule has 1 amide bonds. The molecule has 2 aromatic rings. The van der Waals surface area contributed by atoms with Crippen molar-refractivity contribution < 1.29 is 9.53 Å². The predicted octanol–water partition coefficient (Wildman–Crippen LogP) is 2.00. The number of nitrogens with two attached hydrogens (primary N) is 1. The maximum Gasteiger partial charge on any atom is 0.263 e. The summed E-state index contributed by atoms with van der Waals surface area (Å²) in [6, 6.07) is 9.79. The Bertz CT molecular complexity index is 708. The van der Waals surface area contributed by atoms with E-state index in [0.717, 1.165) is 24.3 Å². The number of rotatable bonds is 6. The van der Waals surface area contributed by atoms with E-state index in [-0.39, 0.29) is 17.9 Å². The molecule has 3 rings (SSSR count). The minimum absolute atomic E-state index is 0.0588. The van der Waals surface area contributed by atoms with Crippen molar-refractivity contribution in [3.8, 4) is 5.75 Å². The summed E-state index contributed by atoms with van der Waals surface area (Å²) in [5, 5.41) is 8.21. The van der Waals surface area contributed by atoms with Gasteiger partial charge >= 0.3 is 0 Å². The third-order valence-electron chi connectivity index (χ3n) is 4.77. The van der Waals surface area contributed by atoms with Crippen LogP contribution in [0.4, 0.5) is 0 Å². The lowest BCUT2D eigenvalue weighted by molar-refractivity contribution is -0.142. The van der Waals surface area contributed by atoms with E-state index in [1.807, 2.05) is 60.0 Å². The first-order valence-electron chi connectivity index (χ1n) is 9.19. The van der Waals surface area contributed by atoms with Crippen molar-refractivity contribution in [1.82, 2.24) is 19.9 Å². The van der Waals surface area contributed by atoms with Gasteiger partial charge in [-0.15, -0.1) is 5.10 Å². The van der Waals surface area contributed by atoms with Gasteiger partial charge in [0.15, 0.2) is 6.10 Å². The zero-order chi connectivity index (χ0) is 18.5. The molecule has 2 heterocycles. The molecule has 0 radical (unpaired) electrons. The van der Waals surface area contributed by atoms with Crippen LogP contribution in [-0.4, -0.2) is 45.0 Å². The number of amides is 1. The van der Waals surface area contributed by atoms with E-state index in [9.17, 15) is 4.79 Å². The van der Waals surface area contributed by atoms with E-state index >= 15 is 0 Å². The fraction of sp³-hybridized carbons (Fsp3) is 0.526. The summed E-state index contributed by atoms with van der Waals surface area (Å²) in [6.45, 7) is 5.82. The largest absolute Gasteiger partial charge is 0.480 e. The summed E-state index contributed by atoms with van der Waals surface area (Å²) in [7, 11) is 0. The Hall–Kier alpha value is -2.41. The normalized spacial score (nSPS) is 16.7. The summed E-state index contributed by atoms with van der Waals surface area (Å²) in [5.41, 5.74) is 6.39. The van der Waals surface area contributed by atoms with Gasteiger partial charge in [0, 0.05) is 19.6 Å². The van der Waals surface area contributed by atoms with E-state index in [1.165, 1.54) is 0 Å². The molecular formula is C19H27N5O2. The molecule has 1 fully saturated rings. The topological polar surface area (TPSA) is 86.3 Å². The van der Waals surface area contributed by atoms with Gasteiger partial charge in [-0.3, -0.25) is 4.79 Å². The number of hydrogen-bond donors (Lipinski definition) is 1. The summed E-state index contributed by atoms with van der Waals surface area (Å²) in [6.07, 6.45) is 3.14. The highest BCUT2D eigenvalue weighted by atomic mass is 16.5. The molecule has 0 aliphatic carbocycles. The third-order valence-corrected chi connectivity index (χ3v) is 4.77. The van der Waals surface area contributed by atoms with Crippen LogP contribution in [0.15, 0.2) is 36.5 Å². The smallest absolute Gasteiger partial charge is 0.263 e. The van der Waals surface area contributed by atoms with Crippen LogP contribution in [0.5, 0.6) is 5.75 Å². The number of carbonyl (C=O) groups is 1. The molecule has 1 saturated heterocycles. The molecule has 1 aliphatic rings. The Morgan fingerprint density at radius 1 is 1.27 bits per heavy atom. The van der Waals surface area contributed by atoms with Crippen LogP contribution in [-0.2, 0) is 11.3 Å². The van der Waals surface area contributed by atoms with Gasteiger partial charge in [0.05, 0.1) is 17.9 Å². The number of piperidine rings is 1. The van der Waals surface area contributed by atoms with E-state index in [0.29, 0.717) is 19.6 Å². The molecule has 140 valence electrons. The first-order valence-corrected chi connectivity index (χ1v) is 9.19. The molecule has 1 aromatic carbocycles. The van der Waals surface area contributed by atoms with Crippen molar-refractivity contribution in [2.75, 3.05) is 13.1 Å². The quantitative estimate of drug-likeness (QED) is 0.854. The monoisotopic (exact) mass is 357 g/mol. The van der Waals surface area contributed by atoms with Crippen molar-refractivity contribution >= 4 is 5.91 Å². The Morgan fingerprint density at radius 3 is 2.54 bits per heavy atom. The zero-order valence-electron chi connectivity index (χ0n) is 15.4. The molecule has 1 aliphatic heterocycles. The van der Waals surface area contributed by atoms with Gasteiger partial charge in [-0.2, -0.15) is 0 Å². The molecule has 7 heteroatoms. The molecule has 0 bridgehead atoms. The average Bonchev–Trinajstić information content (AvgIpc) is 3.15. The third kappa shape index (κ3) is 4.22. The first kappa shape index (κ1) is 18.4. The summed E-state index contributed by atoms with van der Waals surface area (Å²) < 4.78 is 7.87. The number of aromatic nitrogens is 3. The SMILES string of the molecule is CC(C)C(Oc1ccccc1)C(=O)N1CCC(n2cc(CN)nn2)CC1. The number of carbonyl (C=O) groups excluding carboxylic acids is 1. The maximum absolute atomic E-state index is 13.0. The number of para-hydroxylation sites is 1. The lowest BCUT2D eigenvalue weighted by Gasteiger charge is -2.35. The summed E-state index contributed by atoms with van der Waals surface area (Å²) in [4.78, 5) is 14.9. The fourth-order valence-corrected chi connectivity index (χ4v) is 3.23. The van der Waals surface area contributed by atoms with Crippen molar-refractivity contribution in [3.63, 3.8) is 0 Å². The van der Waals surface area contributed by atoms with E-state index in [2.05, 4.69) is 10.3 Å². The standard InChI is InChI=1S/C19H27N5O2/c1-14(2)18(26-17-6-4-3-5-7-17)19(25)23-10-8-16(9-11-23)24-13-15(12-20)21-22-24/h3-7,13-14,16,18H,8-12,20H2,1-2H3. The molecule has 0 spiro atoms. The highest BCUT2D eigenvalue weighted by molar-refractivity contribution is 5.81. The number of hydrogen-bond acceptors (Lipinski definition) is 5. The Morgan fingerprint density at radius 2 is 1.96 bits per heavy atom. The van der Waals surface area contributed by atoms with Crippen LogP contribution >= 0.6 is 0 Å². The van der Waals surface area contributed by atoms with Gasteiger partial charge in [0.1, 0.15) is 5.75 Å². The van der Waals surface area contributed by atoms with E-state index in [1.54, 1.807) is 0 Å². The van der Waals surface area contributed by atoms with E-state index in [4.69, 9.17) is 10.5 Å². The molecule has 0 saturated carbocycles. The van der Waals surface area contributed by atoms with Crippen molar-refractivity contribution in [2.24, 2.45) is 11.7 Å². The van der Waals surface area contributed by atoms with Crippen LogP contribution in [0.25, 0.3) is 0 Å². The van der Waals surface area contributed by atoms with Gasteiger partial charge in [0.25, 0.3) is 5.91 Å². The van der Waals surface area contributed by atoms with Crippen LogP contribution in [0.2, 0.25) is 0 Å². The molecule has 1 atom stereocenters. The number of ether oxygens (including phenoxy) is 1. The highest BCUT2D eigenvalue weighted by Crippen LogP contribution is 2.24. The fourth-order valence-electron chi connectivity index (χ4n) is 3.23. The Kier molecular flexibility index (Phi) is 5.88. The van der Waals surface area contributed by atoms with Gasteiger partial charge in [-0.1, -0.05) is 37.3 Å². The second kappa shape index (κ2) is 8.31. The summed E-state index contributed by atoms with van der Waals surface area (Å²) in [5.74, 6) is 0.887. The Labute approximate surface area is 154 Å². The first-order chi connectivity index (χ1) is 12.6. The number of nitrogens with zero attached hydrogens (tertiary/aromatic N) is 4. The zero-order valence-corrected chi connectivity index (χ0v) is 15.4. The van der Waals surface area contributed by atoms with Gasteiger partial charge in [-0.05, 0) is 30.9 Å². The second-order valence-electron chi connectivity index (χ2n) is 7.05. The molecule has 7 nitrogen and oxygen atoms in total. The molecule has 26 heavy (non-hydrogen) atoms. The van der Waals surface area contributed by atoms with Gasteiger partial charge in [0.2, 0.25) is 0 Å². The molecule has 1 unspecified atom stereocenters. The maximum atomic E-state index is 13.0. The lowest BCUT2D eigenvalue weighted by Crippen LogP contribution is -2.48. The lowest BCUT2D eigenvalue weighted by atomic mass is 10.0. The van der Waals surface area contributed by atoms with Crippen LogP contribution in [0.3, 0.4) is 0 Å². The van der Waals surface area contributed by atoms with Crippen LogP contribution < -0.4 is 10.5 Å². The molecule has 2 N–H and O–H groups in total. The minimum atomic E-state index is -0.468. The second-order valence-corrected chi connectivity index (χ2v) is 7.05. The molecule has 1 aromatic heterocycles. The molecular weight excluding hydrogens is 330 g/mol. The summed E-state index contributed by atoms with van der Waals surface area (Å²) >= 11 is 0.